The first-order valence-electron chi connectivity index (χ1n) is 7.75. The van der Waals surface area contributed by atoms with E-state index in [2.05, 4.69) is 10.2 Å². The van der Waals surface area contributed by atoms with Crippen LogP contribution in [0.25, 0.3) is 0 Å². The normalized spacial score (nSPS) is 18.7. The van der Waals surface area contributed by atoms with E-state index in [1.807, 2.05) is 6.07 Å². The van der Waals surface area contributed by atoms with Crippen LogP contribution in [0.3, 0.4) is 0 Å². The summed E-state index contributed by atoms with van der Waals surface area (Å²) in [6.07, 6.45) is 0. The van der Waals surface area contributed by atoms with Gasteiger partial charge in [0, 0.05) is 42.7 Å². The highest BCUT2D eigenvalue weighted by molar-refractivity contribution is 7.98. The van der Waals surface area contributed by atoms with Crippen molar-refractivity contribution in [1.82, 2.24) is 5.32 Å². The summed E-state index contributed by atoms with van der Waals surface area (Å²) in [5.74, 6) is 1.46. The zero-order chi connectivity index (χ0) is 17.5. The van der Waals surface area contributed by atoms with Crippen LogP contribution in [0.4, 0.5) is 5.69 Å². The lowest BCUT2D eigenvalue weighted by atomic mass is 9.79. The Kier molecular flexibility index (Phi) is 7.70. The van der Waals surface area contributed by atoms with Gasteiger partial charge in [-0.15, -0.1) is 11.6 Å². The Morgan fingerprint density at radius 3 is 3.00 bits per heavy atom. The molecular formula is C15H22BClN2O4S. The monoisotopic (exact) mass is 372 g/mol. The molecule has 0 saturated carbocycles. The number of nitrogens with one attached hydrogen (secondary N) is 1. The molecule has 0 radical (unpaired) electrons. The summed E-state index contributed by atoms with van der Waals surface area (Å²) in [5.41, 5.74) is 2.49. The molecule has 1 aromatic carbocycles. The van der Waals surface area contributed by atoms with Gasteiger partial charge in [0.05, 0.1) is 7.11 Å². The van der Waals surface area contributed by atoms with E-state index in [4.69, 9.17) is 16.3 Å². The predicted octanol–water partition coefficient (Wildman–Crippen LogP) is -0.210. The van der Waals surface area contributed by atoms with E-state index in [-0.39, 0.29) is 12.0 Å². The van der Waals surface area contributed by atoms with Gasteiger partial charge in [-0.05, 0) is 17.1 Å². The molecule has 1 heterocycles. The quantitative estimate of drug-likeness (QED) is 0.383. The van der Waals surface area contributed by atoms with E-state index in [0.717, 1.165) is 11.3 Å². The van der Waals surface area contributed by atoms with Crippen LogP contribution in [-0.4, -0.2) is 67.6 Å². The number of benzene rings is 1. The Morgan fingerprint density at radius 2 is 2.33 bits per heavy atom. The molecule has 3 N–H and O–H groups in total. The highest BCUT2D eigenvalue weighted by Gasteiger charge is 2.22. The van der Waals surface area contributed by atoms with Gasteiger partial charge in [-0.2, -0.15) is 11.8 Å². The van der Waals surface area contributed by atoms with E-state index in [9.17, 15) is 14.8 Å². The minimum atomic E-state index is -1.50. The maximum absolute atomic E-state index is 11.8. The van der Waals surface area contributed by atoms with Crippen molar-refractivity contribution < 1.29 is 19.6 Å². The van der Waals surface area contributed by atoms with Crippen LogP contribution >= 0.6 is 23.4 Å². The summed E-state index contributed by atoms with van der Waals surface area (Å²) < 4.78 is 4.84. The number of anilines is 1. The highest BCUT2D eigenvalue weighted by Crippen LogP contribution is 2.25. The van der Waals surface area contributed by atoms with E-state index in [1.54, 1.807) is 23.9 Å². The van der Waals surface area contributed by atoms with Gasteiger partial charge in [0.2, 0.25) is 0 Å². The van der Waals surface area contributed by atoms with Crippen molar-refractivity contribution in [2.24, 2.45) is 0 Å². The van der Waals surface area contributed by atoms with Crippen LogP contribution in [0, 0.1) is 0 Å². The van der Waals surface area contributed by atoms with Crippen molar-refractivity contribution in [2.75, 3.05) is 43.3 Å². The molecule has 1 aliphatic rings. The van der Waals surface area contributed by atoms with Crippen LogP contribution in [0.15, 0.2) is 18.2 Å². The van der Waals surface area contributed by atoms with Crippen molar-refractivity contribution in [2.45, 2.75) is 11.8 Å². The van der Waals surface area contributed by atoms with Gasteiger partial charge < -0.3 is 25.0 Å². The minimum Gasteiger partial charge on any atom is -0.468 e. The molecule has 0 spiro atoms. The SMILES string of the molecule is COC(=O)C1CSCc2cc(B(O)O)ccc2N(CCCl)CCN1. The third-order valence-electron chi connectivity index (χ3n) is 3.90. The summed E-state index contributed by atoms with van der Waals surface area (Å²) in [4.78, 5) is 14.0. The van der Waals surface area contributed by atoms with E-state index >= 15 is 0 Å². The third-order valence-corrected chi connectivity index (χ3v) is 5.15. The first-order chi connectivity index (χ1) is 11.6. The molecule has 6 nitrogen and oxygen atoms in total. The average Bonchev–Trinajstić information content (AvgIpc) is 2.58. The fraction of sp³-hybridized carbons (Fsp3) is 0.533. The number of hydrogen-bond donors (Lipinski definition) is 3. The number of nitrogens with zero attached hydrogens (tertiary/aromatic N) is 1. The van der Waals surface area contributed by atoms with Crippen molar-refractivity contribution in [3.8, 4) is 0 Å². The molecular weight excluding hydrogens is 351 g/mol. The lowest BCUT2D eigenvalue weighted by molar-refractivity contribution is -0.142. The van der Waals surface area contributed by atoms with Gasteiger partial charge in [0.15, 0.2) is 0 Å². The lowest BCUT2D eigenvalue weighted by Gasteiger charge is -2.29. The Balaban J connectivity index is 2.27. The van der Waals surface area contributed by atoms with Crippen LogP contribution in [-0.2, 0) is 15.3 Å². The minimum absolute atomic E-state index is 0.272. The average molecular weight is 373 g/mol. The van der Waals surface area contributed by atoms with Crippen molar-refractivity contribution >= 4 is 47.6 Å². The number of thioether (sulfide) groups is 1. The molecule has 0 fully saturated rings. The standard InChI is InChI=1S/C15H22BClN2O4S/c1-23-15(20)13-10-24-9-11-8-12(16(21)22)2-3-14(11)19(6-4-17)7-5-18-13/h2-3,8,13,18,21-22H,4-7,9-10H2,1H3. The summed E-state index contributed by atoms with van der Waals surface area (Å²) in [6, 6.07) is 5.06. The topological polar surface area (TPSA) is 82.0 Å². The Labute approximate surface area is 151 Å². The summed E-state index contributed by atoms with van der Waals surface area (Å²) in [7, 11) is -0.112. The Hall–Kier alpha value is -0.925. The second kappa shape index (κ2) is 9.53. The van der Waals surface area contributed by atoms with Crippen molar-refractivity contribution in [3.05, 3.63) is 23.8 Å². The fourth-order valence-corrected chi connectivity index (χ4v) is 3.92. The van der Waals surface area contributed by atoms with Crippen molar-refractivity contribution in [3.63, 3.8) is 0 Å². The fourth-order valence-electron chi connectivity index (χ4n) is 2.66. The van der Waals surface area contributed by atoms with E-state index < -0.39 is 7.12 Å². The zero-order valence-corrected chi connectivity index (χ0v) is 15.1. The van der Waals surface area contributed by atoms with Gasteiger partial charge in [-0.1, -0.05) is 12.1 Å². The predicted molar refractivity (Wildman–Crippen MR) is 99.2 cm³/mol. The van der Waals surface area contributed by atoms with Gasteiger partial charge in [0.25, 0.3) is 0 Å². The molecule has 1 atom stereocenters. The molecule has 2 rings (SSSR count). The lowest BCUT2D eigenvalue weighted by Crippen LogP contribution is -2.44. The Bertz CT molecular complexity index is 564. The molecule has 1 aliphatic heterocycles. The number of ether oxygens (including phenoxy) is 1. The number of methoxy groups -OCH3 is 1. The summed E-state index contributed by atoms with van der Waals surface area (Å²) in [5, 5.41) is 22.0. The van der Waals surface area contributed by atoms with Crippen LogP contribution in [0.5, 0.6) is 0 Å². The van der Waals surface area contributed by atoms with Crippen LogP contribution < -0.4 is 15.7 Å². The third kappa shape index (κ3) is 5.03. The molecule has 0 aliphatic carbocycles. The smallest absolute Gasteiger partial charge is 0.468 e. The molecule has 132 valence electrons. The molecule has 0 amide bonds. The number of hydrogen-bond acceptors (Lipinski definition) is 7. The first-order valence-corrected chi connectivity index (χ1v) is 9.44. The number of esters is 1. The number of alkyl halides is 1. The van der Waals surface area contributed by atoms with Gasteiger partial charge in [-0.25, -0.2) is 0 Å². The number of fused-ring (bicyclic) bond motifs is 1. The van der Waals surface area contributed by atoms with Crippen LogP contribution in [0.2, 0.25) is 0 Å². The zero-order valence-electron chi connectivity index (χ0n) is 13.6. The second-order valence-electron chi connectivity index (χ2n) is 5.48. The number of carbonyl (C=O) groups is 1. The maximum Gasteiger partial charge on any atom is 0.488 e. The van der Waals surface area contributed by atoms with E-state index in [0.29, 0.717) is 42.5 Å². The van der Waals surface area contributed by atoms with Gasteiger partial charge in [-0.3, -0.25) is 4.79 Å². The number of halogens is 1. The molecule has 24 heavy (non-hydrogen) atoms. The largest absolute Gasteiger partial charge is 0.488 e. The molecule has 1 unspecified atom stereocenters. The highest BCUT2D eigenvalue weighted by atomic mass is 35.5. The summed E-state index contributed by atoms with van der Waals surface area (Å²) in [6.45, 7) is 1.99. The molecule has 0 saturated heterocycles. The van der Waals surface area contributed by atoms with E-state index in [1.165, 1.54) is 7.11 Å². The molecule has 0 bridgehead atoms. The second-order valence-corrected chi connectivity index (χ2v) is 6.89. The van der Waals surface area contributed by atoms with Crippen LogP contribution in [0.1, 0.15) is 5.56 Å². The molecule has 0 aromatic heterocycles. The molecule has 1 aromatic rings. The Morgan fingerprint density at radius 1 is 1.54 bits per heavy atom. The summed E-state index contributed by atoms with van der Waals surface area (Å²) >= 11 is 7.53. The molecule has 9 heteroatoms. The first kappa shape index (κ1) is 19.4. The number of carbonyl (C=O) groups excluding carboxylic acids is 1. The van der Waals surface area contributed by atoms with Gasteiger partial charge >= 0.3 is 13.1 Å². The van der Waals surface area contributed by atoms with Crippen molar-refractivity contribution in [1.29, 1.82) is 0 Å². The van der Waals surface area contributed by atoms with Gasteiger partial charge in [0.1, 0.15) is 6.04 Å². The number of rotatable bonds is 4. The maximum atomic E-state index is 11.8.